The molecule has 3 nitrogen and oxygen atoms in total. The molecule has 0 unspecified atom stereocenters. The first-order valence-corrected chi connectivity index (χ1v) is 5.01. The number of halogens is 1. The molecule has 0 saturated carbocycles. The summed E-state index contributed by atoms with van der Waals surface area (Å²) in [4.78, 5) is 11.0. The van der Waals surface area contributed by atoms with Crippen molar-refractivity contribution in [1.82, 2.24) is 0 Å². The third-order valence-electron chi connectivity index (χ3n) is 1.86. The summed E-state index contributed by atoms with van der Waals surface area (Å²) in [5.74, 6) is 4.32. The van der Waals surface area contributed by atoms with Crippen molar-refractivity contribution in [2.75, 3.05) is 6.61 Å². The van der Waals surface area contributed by atoms with E-state index in [1.54, 1.807) is 6.92 Å². The van der Waals surface area contributed by atoms with Crippen LogP contribution in [0.25, 0.3) is 0 Å². The molecule has 0 spiro atoms. The maximum atomic E-state index is 12.8. The van der Waals surface area contributed by atoms with Gasteiger partial charge in [0.1, 0.15) is 18.3 Å². The van der Waals surface area contributed by atoms with Crippen LogP contribution in [-0.4, -0.2) is 12.6 Å². The molecule has 86 valence electrons. The molecule has 0 amide bonds. The predicted molar refractivity (Wildman–Crippen MR) is 59.2 cm³/mol. The van der Waals surface area contributed by atoms with Crippen LogP contribution in [0.5, 0.6) is 0 Å². The summed E-state index contributed by atoms with van der Waals surface area (Å²) in [5.41, 5.74) is 0.555. The number of carbonyl (C=O) groups is 1. The Bertz CT molecular complexity index is 520. The van der Waals surface area contributed by atoms with E-state index in [4.69, 9.17) is 5.26 Å². The maximum Gasteiger partial charge on any atom is 0.317 e. The van der Waals surface area contributed by atoms with Gasteiger partial charge in [0.25, 0.3) is 0 Å². The van der Waals surface area contributed by atoms with E-state index in [1.165, 1.54) is 12.1 Å². The number of esters is 1. The van der Waals surface area contributed by atoms with Crippen LogP contribution in [0.4, 0.5) is 4.39 Å². The van der Waals surface area contributed by atoms with E-state index < -0.39 is 11.8 Å². The van der Waals surface area contributed by atoms with Crippen molar-refractivity contribution >= 4 is 5.97 Å². The van der Waals surface area contributed by atoms with Gasteiger partial charge in [0, 0.05) is 5.56 Å². The monoisotopic (exact) mass is 231 g/mol. The third-order valence-corrected chi connectivity index (χ3v) is 1.86. The minimum absolute atomic E-state index is 0.0456. The quantitative estimate of drug-likeness (QED) is 0.577. The second kappa shape index (κ2) is 6.30. The Labute approximate surface area is 98.8 Å². The summed E-state index contributed by atoms with van der Waals surface area (Å²) >= 11 is 0. The van der Waals surface area contributed by atoms with E-state index in [0.29, 0.717) is 12.2 Å². The maximum absolute atomic E-state index is 12.8. The lowest BCUT2D eigenvalue weighted by molar-refractivity contribution is -0.141. The average molecular weight is 231 g/mol. The van der Waals surface area contributed by atoms with Crippen LogP contribution in [0.2, 0.25) is 0 Å². The molecule has 0 saturated heterocycles. The smallest absolute Gasteiger partial charge is 0.317 e. The number of nitrogens with zero attached hydrogens (tertiary/aromatic N) is 1. The summed E-state index contributed by atoms with van der Waals surface area (Å²) in [7, 11) is 0. The fraction of sp³-hybridized carbons (Fsp3) is 0.231. The number of benzene rings is 1. The van der Waals surface area contributed by atoms with Gasteiger partial charge in [0.15, 0.2) is 0 Å². The Morgan fingerprint density at radius 1 is 1.47 bits per heavy atom. The Kier molecular flexibility index (Phi) is 4.72. The zero-order valence-electron chi connectivity index (χ0n) is 9.29. The summed E-state index contributed by atoms with van der Waals surface area (Å²) in [6, 6.07) is 5.57. The second-order valence-corrected chi connectivity index (χ2v) is 3.09. The Morgan fingerprint density at radius 3 is 2.88 bits per heavy atom. The van der Waals surface area contributed by atoms with Crippen LogP contribution in [0.3, 0.4) is 0 Å². The van der Waals surface area contributed by atoms with Gasteiger partial charge in [0.2, 0.25) is 0 Å². The molecular formula is C13H10FNO2. The van der Waals surface area contributed by atoms with Gasteiger partial charge in [-0.05, 0) is 25.1 Å². The summed E-state index contributed by atoms with van der Waals surface area (Å²) in [6.07, 6.45) is -0.0456. The molecule has 17 heavy (non-hydrogen) atoms. The minimum Gasteiger partial charge on any atom is -0.465 e. The van der Waals surface area contributed by atoms with Crippen molar-refractivity contribution in [3.05, 3.63) is 35.1 Å². The van der Waals surface area contributed by atoms with Gasteiger partial charge in [-0.15, -0.1) is 0 Å². The number of hydrogen-bond donors (Lipinski definition) is 0. The Hall–Kier alpha value is -2.33. The zero-order chi connectivity index (χ0) is 12.7. The Morgan fingerprint density at radius 2 is 2.24 bits per heavy atom. The molecule has 0 bridgehead atoms. The zero-order valence-corrected chi connectivity index (χ0v) is 9.29. The summed E-state index contributed by atoms with van der Waals surface area (Å²) < 4.78 is 17.5. The molecule has 0 aliphatic rings. The SMILES string of the molecule is CCOC(=O)CC#Cc1ccc(F)cc1C#N. The molecule has 0 heterocycles. The average Bonchev–Trinajstić information content (AvgIpc) is 2.31. The molecule has 0 fully saturated rings. The fourth-order valence-corrected chi connectivity index (χ4v) is 1.14. The van der Waals surface area contributed by atoms with E-state index in [0.717, 1.165) is 6.07 Å². The van der Waals surface area contributed by atoms with Crippen LogP contribution >= 0.6 is 0 Å². The summed E-state index contributed by atoms with van der Waals surface area (Å²) in [5, 5.41) is 8.76. The van der Waals surface area contributed by atoms with Gasteiger partial charge in [-0.1, -0.05) is 11.8 Å². The van der Waals surface area contributed by atoms with Crippen LogP contribution in [0.15, 0.2) is 18.2 Å². The highest BCUT2D eigenvalue weighted by molar-refractivity contribution is 5.72. The highest BCUT2D eigenvalue weighted by Crippen LogP contribution is 2.08. The lowest BCUT2D eigenvalue weighted by atomic mass is 10.1. The highest BCUT2D eigenvalue weighted by atomic mass is 19.1. The summed E-state index contributed by atoms with van der Waals surface area (Å²) in [6.45, 7) is 2.01. The second-order valence-electron chi connectivity index (χ2n) is 3.09. The predicted octanol–water partition coefficient (Wildman–Crippen LogP) is 2.00. The molecule has 1 aromatic rings. The molecule has 1 aromatic carbocycles. The first-order chi connectivity index (χ1) is 8.17. The van der Waals surface area contributed by atoms with E-state index in [9.17, 15) is 9.18 Å². The van der Waals surface area contributed by atoms with Crippen molar-refractivity contribution in [3.8, 4) is 17.9 Å². The number of hydrogen-bond acceptors (Lipinski definition) is 3. The third kappa shape index (κ3) is 3.96. The van der Waals surface area contributed by atoms with Gasteiger partial charge in [-0.25, -0.2) is 4.39 Å². The fourth-order valence-electron chi connectivity index (χ4n) is 1.14. The van der Waals surface area contributed by atoms with E-state index >= 15 is 0 Å². The molecule has 0 atom stereocenters. The normalized spacial score (nSPS) is 8.76. The highest BCUT2D eigenvalue weighted by Gasteiger charge is 2.01. The lowest BCUT2D eigenvalue weighted by Crippen LogP contribution is -2.01. The Balaban J connectivity index is 2.79. The van der Waals surface area contributed by atoms with E-state index in [1.807, 2.05) is 6.07 Å². The molecule has 0 aromatic heterocycles. The van der Waals surface area contributed by atoms with Crippen molar-refractivity contribution < 1.29 is 13.9 Å². The van der Waals surface area contributed by atoms with Crippen molar-refractivity contribution in [1.29, 1.82) is 5.26 Å². The van der Waals surface area contributed by atoms with Crippen LogP contribution in [-0.2, 0) is 9.53 Å². The number of ether oxygens (including phenoxy) is 1. The van der Waals surface area contributed by atoms with Crippen LogP contribution in [0, 0.1) is 29.0 Å². The minimum atomic E-state index is -0.488. The molecule has 4 heteroatoms. The standard InChI is InChI=1S/C13H10FNO2/c1-2-17-13(16)5-3-4-10-6-7-12(14)8-11(10)9-15/h6-8H,2,5H2,1H3. The van der Waals surface area contributed by atoms with Gasteiger partial charge in [-0.3, -0.25) is 4.79 Å². The molecule has 0 radical (unpaired) electrons. The van der Waals surface area contributed by atoms with Crippen molar-refractivity contribution in [2.24, 2.45) is 0 Å². The number of nitriles is 1. The first-order valence-electron chi connectivity index (χ1n) is 5.01. The van der Waals surface area contributed by atoms with Crippen LogP contribution < -0.4 is 0 Å². The molecule has 0 N–H and O–H groups in total. The lowest BCUT2D eigenvalue weighted by Gasteiger charge is -1.96. The number of rotatable bonds is 2. The van der Waals surface area contributed by atoms with Crippen LogP contribution in [0.1, 0.15) is 24.5 Å². The van der Waals surface area contributed by atoms with E-state index in [-0.39, 0.29) is 12.0 Å². The van der Waals surface area contributed by atoms with Gasteiger partial charge >= 0.3 is 5.97 Å². The van der Waals surface area contributed by atoms with E-state index in [2.05, 4.69) is 16.6 Å². The van der Waals surface area contributed by atoms with Gasteiger partial charge < -0.3 is 4.74 Å². The largest absolute Gasteiger partial charge is 0.465 e. The van der Waals surface area contributed by atoms with Crippen molar-refractivity contribution in [3.63, 3.8) is 0 Å². The molecular weight excluding hydrogens is 221 g/mol. The molecule has 0 aliphatic heterocycles. The number of carbonyl (C=O) groups excluding carboxylic acids is 1. The van der Waals surface area contributed by atoms with Crippen molar-refractivity contribution in [2.45, 2.75) is 13.3 Å². The molecule has 0 aliphatic carbocycles. The van der Waals surface area contributed by atoms with Gasteiger partial charge in [0.05, 0.1) is 12.2 Å². The first kappa shape index (κ1) is 12.7. The molecule has 1 rings (SSSR count). The topological polar surface area (TPSA) is 50.1 Å². The van der Waals surface area contributed by atoms with Gasteiger partial charge in [-0.2, -0.15) is 5.26 Å².